The minimum Gasteiger partial charge on any atom is -0.406 e. The van der Waals surface area contributed by atoms with E-state index in [1.165, 1.54) is 12.1 Å². The standard InChI is InChI=1S/C8H4BrF3O2/c9-7(13)5-1-3-6(4-2-5)14-8(10,11)12/h1-4H. The summed E-state index contributed by atoms with van der Waals surface area (Å²) in [5, 5.41) is 0. The van der Waals surface area contributed by atoms with Crippen molar-refractivity contribution >= 4 is 20.6 Å². The van der Waals surface area contributed by atoms with Gasteiger partial charge < -0.3 is 4.74 Å². The van der Waals surface area contributed by atoms with Crippen molar-refractivity contribution in [1.82, 2.24) is 0 Å². The van der Waals surface area contributed by atoms with Gasteiger partial charge in [0.05, 0.1) is 0 Å². The number of benzene rings is 1. The first-order valence-electron chi connectivity index (χ1n) is 3.44. The third kappa shape index (κ3) is 3.37. The average molecular weight is 269 g/mol. The maximum absolute atomic E-state index is 11.7. The predicted octanol–water partition coefficient (Wildman–Crippen LogP) is 3.12. The topological polar surface area (TPSA) is 26.3 Å². The zero-order chi connectivity index (χ0) is 10.8. The van der Waals surface area contributed by atoms with E-state index in [-0.39, 0.29) is 11.3 Å². The Balaban J connectivity index is 2.79. The molecule has 0 fully saturated rings. The highest BCUT2D eigenvalue weighted by atomic mass is 79.9. The van der Waals surface area contributed by atoms with Crippen LogP contribution < -0.4 is 4.74 Å². The molecule has 1 aromatic carbocycles. The lowest BCUT2D eigenvalue weighted by Crippen LogP contribution is -2.17. The van der Waals surface area contributed by atoms with Gasteiger partial charge in [0.2, 0.25) is 4.69 Å². The second-order valence-corrected chi connectivity index (χ2v) is 3.07. The number of carbonyl (C=O) groups excluding carboxylic acids is 1. The lowest BCUT2D eigenvalue weighted by atomic mass is 10.2. The molecule has 0 aliphatic carbocycles. The van der Waals surface area contributed by atoms with Gasteiger partial charge in [-0.25, -0.2) is 0 Å². The van der Waals surface area contributed by atoms with Crippen LogP contribution in [0.2, 0.25) is 0 Å². The van der Waals surface area contributed by atoms with Crippen LogP contribution >= 0.6 is 15.9 Å². The number of hydrogen-bond acceptors (Lipinski definition) is 2. The van der Waals surface area contributed by atoms with E-state index < -0.39 is 11.1 Å². The number of hydrogen-bond donors (Lipinski definition) is 0. The van der Waals surface area contributed by atoms with Crippen LogP contribution in [0.4, 0.5) is 13.2 Å². The molecule has 6 heteroatoms. The van der Waals surface area contributed by atoms with Gasteiger partial charge in [-0.3, -0.25) is 4.79 Å². The van der Waals surface area contributed by atoms with Gasteiger partial charge in [-0.2, -0.15) is 0 Å². The van der Waals surface area contributed by atoms with Gasteiger partial charge in [0.15, 0.2) is 0 Å². The SMILES string of the molecule is O=C(Br)c1ccc(OC(F)(F)F)cc1. The molecular weight excluding hydrogens is 265 g/mol. The molecule has 0 saturated carbocycles. The lowest BCUT2D eigenvalue weighted by molar-refractivity contribution is -0.274. The molecule has 0 heterocycles. The monoisotopic (exact) mass is 268 g/mol. The highest BCUT2D eigenvalue weighted by Gasteiger charge is 2.30. The van der Waals surface area contributed by atoms with Crippen LogP contribution in [0, 0.1) is 0 Å². The highest BCUT2D eigenvalue weighted by molar-refractivity contribution is 9.18. The Labute approximate surface area is 85.8 Å². The quantitative estimate of drug-likeness (QED) is 0.771. The van der Waals surface area contributed by atoms with Gasteiger partial charge in [-0.1, -0.05) is 0 Å². The summed E-state index contributed by atoms with van der Waals surface area (Å²) in [4.78, 5) is 10.7. The van der Waals surface area contributed by atoms with E-state index in [0.717, 1.165) is 12.1 Å². The van der Waals surface area contributed by atoms with E-state index in [1.54, 1.807) is 0 Å². The minimum atomic E-state index is -4.71. The van der Waals surface area contributed by atoms with Crippen LogP contribution in [0.1, 0.15) is 10.4 Å². The fourth-order valence-corrected chi connectivity index (χ4v) is 1.05. The van der Waals surface area contributed by atoms with Crippen molar-refractivity contribution in [1.29, 1.82) is 0 Å². The van der Waals surface area contributed by atoms with Gasteiger partial charge in [0, 0.05) is 5.56 Å². The molecule has 76 valence electrons. The first-order valence-corrected chi connectivity index (χ1v) is 4.23. The van der Waals surface area contributed by atoms with E-state index in [9.17, 15) is 18.0 Å². The lowest BCUT2D eigenvalue weighted by Gasteiger charge is -2.08. The van der Waals surface area contributed by atoms with Gasteiger partial charge in [-0.15, -0.1) is 13.2 Å². The summed E-state index contributed by atoms with van der Waals surface area (Å²) in [7, 11) is 0. The molecule has 0 amide bonds. The van der Waals surface area contributed by atoms with E-state index in [2.05, 4.69) is 20.7 Å². The van der Waals surface area contributed by atoms with E-state index >= 15 is 0 Å². The van der Waals surface area contributed by atoms with Gasteiger partial charge >= 0.3 is 6.36 Å². The van der Waals surface area contributed by atoms with Gasteiger partial charge in [0.25, 0.3) is 0 Å². The Kier molecular flexibility index (Phi) is 3.15. The van der Waals surface area contributed by atoms with Crippen LogP contribution in [0.25, 0.3) is 0 Å². The van der Waals surface area contributed by atoms with Crippen molar-refractivity contribution < 1.29 is 22.7 Å². The molecule has 0 atom stereocenters. The number of halogens is 4. The molecule has 0 bridgehead atoms. The second-order valence-electron chi connectivity index (χ2n) is 2.35. The van der Waals surface area contributed by atoms with Crippen molar-refractivity contribution in [2.45, 2.75) is 6.36 Å². The third-order valence-electron chi connectivity index (χ3n) is 1.31. The van der Waals surface area contributed by atoms with E-state index in [1.807, 2.05) is 0 Å². The number of alkyl halides is 3. The molecule has 14 heavy (non-hydrogen) atoms. The molecule has 1 aromatic rings. The van der Waals surface area contributed by atoms with Crippen molar-refractivity contribution in [2.75, 3.05) is 0 Å². The molecule has 0 radical (unpaired) electrons. The molecular formula is C8H4BrF3O2. The van der Waals surface area contributed by atoms with Gasteiger partial charge in [0.1, 0.15) is 5.75 Å². The molecule has 0 saturated heterocycles. The third-order valence-corrected chi connectivity index (χ3v) is 1.77. The number of carbonyl (C=O) groups is 1. The van der Waals surface area contributed by atoms with Crippen LogP contribution in [0.15, 0.2) is 24.3 Å². The summed E-state index contributed by atoms with van der Waals surface area (Å²) >= 11 is 2.67. The molecule has 2 nitrogen and oxygen atoms in total. The fraction of sp³-hybridized carbons (Fsp3) is 0.125. The zero-order valence-corrected chi connectivity index (χ0v) is 8.22. The summed E-state index contributed by atoms with van der Waals surface area (Å²) in [6.45, 7) is 0. The van der Waals surface area contributed by atoms with Crippen LogP contribution in [0.3, 0.4) is 0 Å². The molecule has 0 N–H and O–H groups in total. The summed E-state index contributed by atoms with van der Waals surface area (Å²) in [5.74, 6) is -0.352. The molecule has 0 aliphatic heterocycles. The zero-order valence-electron chi connectivity index (χ0n) is 6.64. The van der Waals surface area contributed by atoms with Crippen molar-refractivity contribution in [3.63, 3.8) is 0 Å². The van der Waals surface area contributed by atoms with Gasteiger partial charge in [-0.05, 0) is 40.2 Å². The van der Waals surface area contributed by atoms with Crippen molar-refractivity contribution in [3.8, 4) is 5.75 Å². The normalized spacial score (nSPS) is 11.1. The number of ether oxygens (including phenoxy) is 1. The molecule has 0 spiro atoms. The summed E-state index contributed by atoms with van der Waals surface area (Å²) in [5.41, 5.74) is 0.263. The summed E-state index contributed by atoms with van der Waals surface area (Å²) < 4.78 is 38.3. The first-order chi connectivity index (χ1) is 6.38. The average Bonchev–Trinajstić information content (AvgIpc) is 2.02. The Morgan fingerprint density at radius 3 is 2.07 bits per heavy atom. The predicted molar refractivity (Wildman–Crippen MR) is 46.4 cm³/mol. The van der Waals surface area contributed by atoms with Crippen LogP contribution in [0.5, 0.6) is 5.75 Å². The second kappa shape index (κ2) is 4.00. The molecule has 0 unspecified atom stereocenters. The highest BCUT2D eigenvalue weighted by Crippen LogP contribution is 2.23. The maximum atomic E-state index is 11.7. The van der Waals surface area contributed by atoms with E-state index in [0.29, 0.717) is 0 Å². The Morgan fingerprint density at radius 1 is 1.21 bits per heavy atom. The summed E-state index contributed by atoms with van der Waals surface area (Å²) in [6, 6.07) is 4.61. The first kappa shape index (κ1) is 11.0. The Hall–Kier alpha value is -1.04. The van der Waals surface area contributed by atoms with Crippen LogP contribution in [-0.4, -0.2) is 11.1 Å². The largest absolute Gasteiger partial charge is 0.573 e. The molecule has 1 rings (SSSR count). The van der Waals surface area contributed by atoms with Crippen molar-refractivity contribution in [3.05, 3.63) is 29.8 Å². The van der Waals surface area contributed by atoms with Crippen LogP contribution in [-0.2, 0) is 0 Å². The minimum absolute atomic E-state index is 0.263. The number of rotatable bonds is 2. The maximum Gasteiger partial charge on any atom is 0.573 e. The van der Waals surface area contributed by atoms with E-state index in [4.69, 9.17) is 0 Å². The smallest absolute Gasteiger partial charge is 0.406 e. The Bertz CT molecular complexity index is 331. The fourth-order valence-electron chi connectivity index (χ4n) is 0.788. The molecule has 0 aliphatic rings. The molecule has 0 aromatic heterocycles. The summed E-state index contributed by atoms with van der Waals surface area (Å²) in [6.07, 6.45) is -4.71. The Morgan fingerprint density at radius 2 is 1.71 bits per heavy atom. The van der Waals surface area contributed by atoms with Crippen molar-refractivity contribution in [2.24, 2.45) is 0 Å².